The molecular formula is C19H20F2N2O7S2. The van der Waals surface area contributed by atoms with Crippen LogP contribution in [0.3, 0.4) is 0 Å². The van der Waals surface area contributed by atoms with Crippen molar-refractivity contribution in [1.82, 2.24) is 4.31 Å². The van der Waals surface area contributed by atoms with Gasteiger partial charge in [-0.05, 0) is 42.5 Å². The van der Waals surface area contributed by atoms with E-state index in [9.17, 15) is 30.4 Å². The summed E-state index contributed by atoms with van der Waals surface area (Å²) in [6.45, 7) is 0.896. The highest BCUT2D eigenvalue weighted by Crippen LogP contribution is 2.27. The fourth-order valence-corrected chi connectivity index (χ4v) is 5.15. The van der Waals surface area contributed by atoms with Crippen molar-refractivity contribution in [2.24, 2.45) is 0 Å². The number of methoxy groups -OCH3 is 1. The van der Waals surface area contributed by atoms with Crippen LogP contribution in [-0.4, -0.2) is 66.2 Å². The maximum atomic E-state index is 12.9. The highest BCUT2D eigenvalue weighted by atomic mass is 32.2. The Labute approximate surface area is 183 Å². The molecule has 13 heteroatoms. The van der Waals surface area contributed by atoms with Gasteiger partial charge in [0.2, 0.25) is 19.9 Å². The quantitative estimate of drug-likeness (QED) is 0.630. The molecular weight excluding hydrogens is 470 g/mol. The van der Waals surface area contributed by atoms with Crippen LogP contribution < -0.4 is 10.1 Å². The van der Waals surface area contributed by atoms with Gasteiger partial charge in [-0.3, -0.25) is 4.79 Å². The van der Waals surface area contributed by atoms with E-state index in [1.807, 2.05) is 0 Å². The lowest BCUT2D eigenvalue weighted by molar-refractivity contribution is 0.0730. The van der Waals surface area contributed by atoms with Gasteiger partial charge in [0.1, 0.15) is 5.75 Å². The Kier molecular flexibility index (Phi) is 7.12. The third kappa shape index (κ3) is 4.90. The van der Waals surface area contributed by atoms with Crippen molar-refractivity contribution in [3.8, 4) is 5.75 Å². The Morgan fingerprint density at radius 1 is 1.03 bits per heavy atom. The molecule has 0 aromatic heterocycles. The van der Waals surface area contributed by atoms with Gasteiger partial charge >= 0.3 is 5.76 Å². The lowest BCUT2D eigenvalue weighted by Gasteiger charge is -2.26. The molecule has 32 heavy (non-hydrogen) atoms. The normalized spacial score (nSPS) is 15.5. The Balaban J connectivity index is 1.87. The molecule has 0 bridgehead atoms. The summed E-state index contributed by atoms with van der Waals surface area (Å²) in [6.07, 6.45) is 0. The van der Waals surface area contributed by atoms with E-state index >= 15 is 0 Å². The molecule has 0 atom stereocenters. The number of sulfone groups is 1. The van der Waals surface area contributed by atoms with Gasteiger partial charge in [-0.25, -0.2) is 16.8 Å². The summed E-state index contributed by atoms with van der Waals surface area (Å²) < 4.78 is 85.7. The maximum absolute atomic E-state index is 12.9. The number of rotatable bonds is 7. The number of carbonyl (C=O) groups is 1. The van der Waals surface area contributed by atoms with E-state index in [4.69, 9.17) is 9.47 Å². The number of ether oxygens (including phenoxy) is 2. The lowest BCUT2D eigenvalue weighted by atomic mass is 10.2. The van der Waals surface area contributed by atoms with Crippen LogP contribution in [0.4, 0.5) is 14.5 Å². The van der Waals surface area contributed by atoms with Crippen LogP contribution in [-0.2, 0) is 24.6 Å². The van der Waals surface area contributed by atoms with Crippen molar-refractivity contribution in [1.29, 1.82) is 0 Å². The molecule has 0 aliphatic carbocycles. The fourth-order valence-electron chi connectivity index (χ4n) is 2.99. The number of nitrogens with one attached hydrogen (secondary N) is 1. The zero-order valence-electron chi connectivity index (χ0n) is 16.8. The molecule has 1 aliphatic rings. The van der Waals surface area contributed by atoms with Crippen molar-refractivity contribution in [2.75, 3.05) is 38.7 Å². The van der Waals surface area contributed by atoms with E-state index < -0.39 is 36.4 Å². The number of morpholine rings is 1. The molecule has 9 nitrogen and oxygen atoms in total. The maximum Gasteiger partial charge on any atom is 0.341 e. The SMILES string of the molecule is COc1ccc(S(=O)(=O)N2CCOCC2)cc1C(=O)Nc1ccc(S(=O)(=O)C(F)F)cc1. The zero-order chi connectivity index (χ0) is 23.5. The number of sulfonamides is 1. The molecule has 1 amide bonds. The van der Waals surface area contributed by atoms with Gasteiger partial charge in [-0.15, -0.1) is 0 Å². The van der Waals surface area contributed by atoms with Crippen LogP contribution in [0, 0.1) is 0 Å². The number of anilines is 1. The van der Waals surface area contributed by atoms with Crippen LogP contribution in [0.5, 0.6) is 5.75 Å². The van der Waals surface area contributed by atoms with Gasteiger partial charge in [-0.2, -0.15) is 13.1 Å². The number of hydrogen-bond donors (Lipinski definition) is 1. The predicted octanol–water partition coefficient (Wildman–Crippen LogP) is 1.96. The smallest absolute Gasteiger partial charge is 0.341 e. The van der Waals surface area contributed by atoms with E-state index in [-0.39, 0.29) is 48.2 Å². The average Bonchev–Trinajstić information content (AvgIpc) is 2.79. The molecule has 1 saturated heterocycles. The van der Waals surface area contributed by atoms with Crippen LogP contribution in [0.25, 0.3) is 0 Å². The first kappa shape index (κ1) is 24.0. The molecule has 0 spiro atoms. The molecule has 3 rings (SSSR count). The van der Waals surface area contributed by atoms with Gasteiger partial charge in [-0.1, -0.05) is 0 Å². The highest BCUT2D eigenvalue weighted by molar-refractivity contribution is 7.91. The van der Waals surface area contributed by atoms with Crippen molar-refractivity contribution in [3.05, 3.63) is 48.0 Å². The van der Waals surface area contributed by atoms with Crippen molar-refractivity contribution in [3.63, 3.8) is 0 Å². The Bertz CT molecular complexity index is 1190. The Morgan fingerprint density at radius 3 is 2.19 bits per heavy atom. The first-order chi connectivity index (χ1) is 15.1. The first-order valence-corrected chi connectivity index (χ1v) is 12.3. The Morgan fingerprint density at radius 2 is 1.62 bits per heavy atom. The molecule has 2 aromatic carbocycles. The number of alkyl halides is 2. The minimum atomic E-state index is -4.76. The van der Waals surface area contributed by atoms with Crippen LogP contribution in [0.1, 0.15) is 10.4 Å². The molecule has 0 radical (unpaired) electrons. The minimum absolute atomic E-state index is 0.0777. The van der Waals surface area contributed by atoms with E-state index in [0.717, 1.165) is 24.3 Å². The lowest BCUT2D eigenvalue weighted by Crippen LogP contribution is -2.40. The standard InChI is InChI=1S/C19H20F2N2O7S2/c1-29-17-7-6-15(32(27,28)23-8-10-30-11-9-23)12-16(17)18(24)22-13-2-4-14(5-3-13)31(25,26)19(20)21/h2-7,12,19H,8-11H2,1H3,(H,22,24). The third-order valence-corrected chi connectivity index (χ3v) is 7.99. The summed E-state index contributed by atoms with van der Waals surface area (Å²) in [5, 5.41) is 2.47. The summed E-state index contributed by atoms with van der Waals surface area (Å²) in [4.78, 5) is 12.1. The number of benzene rings is 2. The van der Waals surface area contributed by atoms with E-state index in [0.29, 0.717) is 0 Å². The third-order valence-electron chi connectivity index (χ3n) is 4.70. The molecule has 1 fully saturated rings. The summed E-state index contributed by atoms with van der Waals surface area (Å²) in [7, 11) is -7.32. The summed E-state index contributed by atoms with van der Waals surface area (Å²) in [5.41, 5.74) is 0.0396. The largest absolute Gasteiger partial charge is 0.496 e. The fraction of sp³-hybridized carbons (Fsp3) is 0.316. The summed E-state index contributed by atoms with van der Waals surface area (Å²) in [6, 6.07) is 8.02. The number of hydrogen-bond acceptors (Lipinski definition) is 7. The molecule has 1 aliphatic heterocycles. The predicted molar refractivity (Wildman–Crippen MR) is 110 cm³/mol. The molecule has 0 saturated carbocycles. The van der Waals surface area contributed by atoms with Gasteiger partial charge in [0.05, 0.1) is 35.7 Å². The van der Waals surface area contributed by atoms with E-state index in [2.05, 4.69) is 5.32 Å². The minimum Gasteiger partial charge on any atom is -0.496 e. The molecule has 1 heterocycles. The first-order valence-electron chi connectivity index (χ1n) is 9.27. The topological polar surface area (TPSA) is 119 Å². The second kappa shape index (κ2) is 9.48. The van der Waals surface area contributed by atoms with Gasteiger partial charge in [0.15, 0.2) is 0 Å². The summed E-state index contributed by atoms with van der Waals surface area (Å²) >= 11 is 0. The highest BCUT2D eigenvalue weighted by Gasteiger charge is 2.29. The van der Waals surface area contributed by atoms with E-state index in [1.165, 1.54) is 29.6 Å². The van der Waals surface area contributed by atoms with Crippen molar-refractivity contribution >= 4 is 31.5 Å². The number of carbonyl (C=O) groups excluding carboxylic acids is 1. The molecule has 174 valence electrons. The number of halogens is 2. The monoisotopic (exact) mass is 490 g/mol. The van der Waals surface area contributed by atoms with Gasteiger partial charge in [0.25, 0.3) is 5.91 Å². The van der Waals surface area contributed by atoms with Gasteiger partial charge < -0.3 is 14.8 Å². The van der Waals surface area contributed by atoms with Crippen LogP contribution in [0.2, 0.25) is 0 Å². The second-order valence-electron chi connectivity index (χ2n) is 6.66. The molecule has 2 aromatic rings. The van der Waals surface area contributed by atoms with Crippen molar-refractivity contribution < 1.29 is 39.9 Å². The Hall–Kier alpha value is -2.61. The molecule has 0 unspecified atom stereocenters. The second-order valence-corrected chi connectivity index (χ2v) is 10.5. The van der Waals surface area contributed by atoms with Crippen LogP contribution in [0.15, 0.2) is 52.3 Å². The van der Waals surface area contributed by atoms with Crippen LogP contribution >= 0.6 is 0 Å². The van der Waals surface area contributed by atoms with E-state index in [1.54, 1.807) is 0 Å². The molecule has 1 N–H and O–H groups in total. The number of amides is 1. The zero-order valence-corrected chi connectivity index (χ0v) is 18.5. The number of nitrogens with zero attached hydrogens (tertiary/aromatic N) is 1. The summed E-state index contributed by atoms with van der Waals surface area (Å²) in [5.74, 6) is -4.19. The van der Waals surface area contributed by atoms with Gasteiger partial charge in [0, 0.05) is 18.8 Å². The van der Waals surface area contributed by atoms with Crippen molar-refractivity contribution in [2.45, 2.75) is 15.5 Å². The average molecular weight is 491 g/mol.